The van der Waals surface area contributed by atoms with Crippen molar-refractivity contribution in [2.24, 2.45) is 17.6 Å². The fraction of sp³-hybridized carbons (Fsp3) is 1.00. The lowest BCUT2D eigenvalue weighted by Gasteiger charge is -2.45. The van der Waals surface area contributed by atoms with Crippen LogP contribution in [0.25, 0.3) is 0 Å². The first kappa shape index (κ1) is 15.3. The van der Waals surface area contributed by atoms with Gasteiger partial charge in [-0.2, -0.15) is 0 Å². The molecule has 2 saturated carbocycles. The molecule has 19 heavy (non-hydrogen) atoms. The van der Waals surface area contributed by atoms with E-state index in [-0.39, 0.29) is 5.54 Å². The zero-order valence-electron chi connectivity index (χ0n) is 12.5. The average molecular weight is 268 g/mol. The van der Waals surface area contributed by atoms with Crippen LogP contribution in [0.1, 0.15) is 64.7 Å². The van der Waals surface area contributed by atoms with Crippen LogP contribution in [0.5, 0.6) is 0 Å². The van der Waals surface area contributed by atoms with E-state index in [1.165, 1.54) is 57.8 Å². The second-order valence-corrected chi connectivity index (χ2v) is 6.81. The first-order valence-corrected chi connectivity index (χ1v) is 8.31. The molecule has 0 aliphatic heterocycles. The van der Waals surface area contributed by atoms with Crippen molar-refractivity contribution in [3.8, 4) is 0 Å². The summed E-state index contributed by atoms with van der Waals surface area (Å²) < 4.78 is 0. The van der Waals surface area contributed by atoms with Crippen molar-refractivity contribution in [1.29, 1.82) is 0 Å². The van der Waals surface area contributed by atoms with Gasteiger partial charge in [-0.1, -0.05) is 26.2 Å². The Morgan fingerprint density at radius 1 is 1.16 bits per heavy atom. The van der Waals surface area contributed by atoms with E-state index >= 15 is 0 Å². The highest BCUT2D eigenvalue weighted by Gasteiger charge is 2.37. The Kier molecular flexibility index (Phi) is 5.67. The first-order chi connectivity index (χ1) is 9.23. The van der Waals surface area contributed by atoms with Gasteiger partial charge in [-0.25, -0.2) is 0 Å². The summed E-state index contributed by atoms with van der Waals surface area (Å²) in [6.45, 7) is 3.38. The average Bonchev–Trinajstić information content (AvgIpc) is 2.48. The summed E-state index contributed by atoms with van der Waals surface area (Å²) in [5.41, 5.74) is 6.26. The molecule has 0 aromatic carbocycles. The van der Waals surface area contributed by atoms with E-state index < -0.39 is 0 Å². The Balaban J connectivity index is 1.94. The number of nitrogens with one attached hydrogen (secondary N) is 1. The molecule has 2 rings (SSSR count). The molecule has 2 unspecified atom stereocenters. The van der Waals surface area contributed by atoms with Crippen LogP contribution in [0.2, 0.25) is 0 Å². The summed E-state index contributed by atoms with van der Waals surface area (Å²) in [7, 11) is 0. The molecule has 3 heteroatoms. The molecule has 3 nitrogen and oxygen atoms in total. The van der Waals surface area contributed by atoms with E-state index in [9.17, 15) is 5.11 Å². The second kappa shape index (κ2) is 7.05. The molecule has 2 fully saturated rings. The maximum absolute atomic E-state index is 9.56. The molecule has 0 aromatic rings. The number of hydrogen-bond donors (Lipinski definition) is 3. The van der Waals surface area contributed by atoms with Gasteiger partial charge in [0.05, 0.1) is 0 Å². The number of nitrogens with two attached hydrogens (primary N) is 1. The van der Waals surface area contributed by atoms with Crippen LogP contribution in [0.15, 0.2) is 0 Å². The quantitative estimate of drug-likeness (QED) is 0.718. The molecule has 0 amide bonds. The van der Waals surface area contributed by atoms with Gasteiger partial charge in [0.25, 0.3) is 0 Å². The Morgan fingerprint density at radius 3 is 2.42 bits per heavy atom. The summed E-state index contributed by atoms with van der Waals surface area (Å²) in [6.07, 6.45) is 11.3. The normalized spacial score (nSPS) is 40.3. The van der Waals surface area contributed by atoms with E-state index in [1.807, 2.05) is 0 Å². The molecule has 2 aliphatic rings. The van der Waals surface area contributed by atoms with Gasteiger partial charge in [0, 0.05) is 24.7 Å². The third-order valence-electron chi connectivity index (χ3n) is 5.67. The van der Waals surface area contributed by atoms with Crippen molar-refractivity contribution < 1.29 is 5.11 Å². The van der Waals surface area contributed by atoms with Crippen LogP contribution >= 0.6 is 0 Å². The Morgan fingerprint density at radius 2 is 1.84 bits per heavy atom. The number of hydrogen-bond acceptors (Lipinski definition) is 3. The van der Waals surface area contributed by atoms with Crippen molar-refractivity contribution in [2.45, 2.75) is 76.3 Å². The van der Waals surface area contributed by atoms with Crippen molar-refractivity contribution in [1.82, 2.24) is 5.32 Å². The topological polar surface area (TPSA) is 58.3 Å². The van der Waals surface area contributed by atoms with Crippen LogP contribution in [0.3, 0.4) is 0 Å². The van der Waals surface area contributed by atoms with Gasteiger partial charge in [0.15, 0.2) is 0 Å². The maximum Gasteiger partial charge on any atom is 0.0474 e. The maximum atomic E-state index is 9.56. The van der Waals surface area contributed by atoms with E-state index in [0.717, 1.165) is 12.5 Å². The van der Waals surface area contributed by atoms with Crippen LogP contribution < -0.4 is 11.1 Å². The lowest BCUT2D eigenvalue weighted by Crippen LogP contribution is -2.59. The molecule has 0 aromatic heterocycles. The molecule has 2 atom stereocenters. The van der Waals surface area contributed by atoms with Crippen molar-refractivity contribution in [3.05, 3.63) is 0 Å². The minimum atomic E-state index is 0.154. The number of aliphatic hydroxyl groups is 1. The van der Waals surface area contributed by atoms with Crippen LogP contribution in [-0.4, -0.2) is 29.8 Å². The highest BCUT2D eigenvalue weighted by Crippen LogP contribution is 2.35. The van der Waals surface area contributed by atoms with Gasteiger partial charge in [-0.15, -0.1) is 0 Å². The zero-order valence-corrected chi connectivity index (χ0v) is 12.5. The predicted octanol–water partition coefficient (Wildman–Crippen LogP) is 2.42. The van der Waals surface area contributed by atoms with Crippen LogP contribution in [0, 0.1) is 11.8 Å². The van der Waals surface area contributed by atoms with Gasteiger partial charge >= 0.3 is 0 Å². The van der Waals surface area contributed by atoms with Crippen LogP contribution in [0.4, 0.5) is 0 Å². The molecule has 0 radical (unpaired) electrons. The molecule has 0 spiro atoms. The molecule has 0 bridgehead atoms. The highest BCUT2D eigenvalue weighted by atomic mass is 16.3. The van der Waals surface area contributed by atoms with E-state index in [0.29, 0.717) is 18.6 Å². The summed E-state index contributed by atoms with van der Waals surface area (Å²) in [5, 5.41) is 13.4. The largest absolute Gasteiger partial charge is 0.396 e. The molecule has 4 N–H and O–H groups in total. The van der Waals surface area contributed by atoms with Gasteiger partial charge in [0.2, 0.25) is 0 Å². The van der Waals surface area contributed by atoms with Gasteiger partial charge in [0.1, 0.15) is 0 Å². The minimum absolute atomic E-state index is 0.154. The van der Waals surface area contributed by atoms with Crippen LogP contribution in [-0.2, 0) is 0 Å². The molecular formula is C16H32N2O. The number of rotatable bonds is 5. The Labute approximate surface area is 118 Å². The van der Waals surface area contributed by atoms with E-state index in [1.54, 1.807) is 0 Å². The van der Waals surface area contributed by atoms with E-state index in [2.05, 4.69) is 12.2 Å². The van der Waals surface area contributed by atoms with Crippen molar-refractivity contribution in [2.75, 3.05) is 13.2 Å². The van der Waals surface area contributed by atoms with Gasteiger partial charge in [-0.05, 0) is 50.4 Å². The fourth-order valence-electron chi connectivity index (χ4n) is 4.06. The first-order valence-electron chi connectivity index (χ1n) is 8.31. The lowest BCUT2D eigenvalue weighted by molar-refractivity contribution is 0.103. The standard InChI is InChI=1S/C16H32N2O/c1-2-13-7-9-16(12-17,10-8-13)18-15-6-4-3-5-14(15)11-19/h13-15,18-19H,2-12,17H2,1H3. The Bertz CT molecular complexity index is 261. The van der Waals surface area contributed by atoms with E-state index in [4.69, 9.17) is 5.73 Å². The monoisotopic (exact) mass is 268 g/mol. The summed E-state index contributed by atoms with van der Waals surface area (Å²) >= 11 is 0. The third-order valence-corrected chi connectivity index (χ3v) is 5.67. The van der Waals surface area contributed by atoms with Crippen molar-refractivity contribution in [3.63, 3.8) is 0 Å². The number of aliphatic hydroxyl groups excluding tert-OH is 1. The minimum Gasteiger partial charge on any atom is -0.396 e. The zero-order chi connectivity index (χ0) is 13.7. The Hall–Kier alpha value is -0.120. The van der Waals surface area contributed by atoms with Gasteiger partial charge in [-0.3, -0.25) is 0 Å². The SMILES string of the molecule is CCC1CCC(CN)(NC2CCCCC2CO)CC1. The highest BCUT2D eigenvalue weighted by molar-refractivity contribution is 4.97. The molecule has 0 saturated heterocycles. The lowest BCUT2D eigenvalue weighted by atomic mass is 9.74. The summed E-state index contributed by atoms with van der Waals surface area (Å²) in [6, 6.07) is 0.487. The molecule has 2 aliphatic carbocycles. The molecule has 112 valence electrons. The predicted molar refractivity (Wildman–Crippen MR) is 80.0 cm³/mol. The summed E-state index contributed by atoms with van der Waals surface area (Å²) in [5.74, 6) is 1.35. The third kappa shape index (κ3) is 3.71. The van der Waals surface area contributed by atoms with Crippen molar-refractivity contribution >= 4 is 0 Å². The summed E-state index contributed by atoms with van der Waals surface area (Å²) in [4.78, 5) is 0. The molecule has 0 heterocycles. The smallest absolute Gasteiger partial charge is 0.0474 e. The molecular weight excluding hydrogens is 236 g/mol. The fourth-order valence-corrected chi connectivity index (χ4v) is 4.06. The second-order valence-electron chi connectivity index (χ2n) is 6.81. The van der Waals surface area contributed by atoms with Gasteiger partial charge < -0.3 is 16.2 Å².